The molecule has 2 nitrogen and oxygen atoms in total. The van der Waals surface area contributed by atoms with E-state index < -0.39 is 0 Å². The summed E-state index contributed by atoms with van der Waals surface area (Å²) >= 11 is 0. The summed E-state index contributed by atoms with van der Waals surface area (Å²) in [4.78, 5) is 2.55. The predicted molar refractivity (Wildman–Crippen MR) is 72.4 cm³/mol. The van der Waals surface area contributed by atoms with E-state index in [-0.39, 0.29) is 5.54 Å². The highest BCUT2D eigenvalue weighted by molar-refractivity contribution is 5.54. The molecule has 1 saturated heterocycles. The van der Waals surface area contributed by atoms with Gasteiger partial charge in [0.05, 0.1) is 0 Å². The molecule has 2 aliphatic rings. The Balaban J connectivity index is 1.81. The monoisotopic (exact) mass is 230 g/mol. The standard InChI is InChI=1S/C15H22N2/c16-15(8-9-15)12-13-6-2-3-7-14(13)17-10-4-1-5-11-17/h2-3,6-7H,1,4-5,8-12,16H2. The molecule has 1 aliphatic heterocycles. The van der Waals surface area contributed by atoms with Crippen molar-refractivity contribution in [3.8, 4) is 0 Å². The third-order valence-electron chi connectivity index (χ3n) is 4.12. The Bertz CT molecular complexity index is 390. The Morgan fingerprint density at radius 2 is 1.76 bits per heavy atom. The maximum atomic E-state index is 6.26. The van der Waals surface area contributed by atoms with E-state index in [0.717, 1.165) is 6.42 Å². The number of hydrogen-bond donors (Lipinski definition) is 1. The van der Waals surface area contributed by atoms with Crippen molar-refractivity contribution in [1.29, 1.82) is 0 Å². The summed E-state index contributed by atoms with van der Waals surface area (Å²) in [5.41, 5.74) is 9.26. The number of piperidine rings is 1. The zero-order chi connectivity index (χ0) is 11.7. The molecule has 1 aromatic rings. The fourth-order valence-corrected chi connectivity index (χ4v) is 2.82. The fourth-order valence-electron chi connectivity index (χ4n) is 2.82. The van der Waals surface area contributed by atoms with Gasteiger partial charge in [-0.2, -0.15) is 0 Å². The zero-order valence-corrected chi connectivity index (χ0v) is 10.5. The second-order valence-corrected chi connectivity index (χ2v) is 5.72. The van der Waals surface area contributed by atoms with Gasteiger partial charge in [0, 0.05) is 24.3 Å². The molecular formula is C15H22N2. The molecule has 2 N–H and O–H groups in total. The summed E-state index contributed by atoms with van der Waals surface area (Å²) in [7, 11) is 0. The largest absolute Gasteiger partial charge is 0.371 e. The van der Waals surface area contributed by atoms with Gasteiger partial charge >= 0.3 is 0 Å². The van der Waals surface area contributed by atoms with Crippen LogP contribution in [0.25, 0.3) is 0 Å². The van der Waals surface area contributed by atoms with E-state index >= 15 is 0 Å². The van der Waals surface area contributed by atoms with Crippen molar-refractivity contribution in [3.05, 3.63) is 29.8 Å². The van der Waals surface area contributed by atoms with Gasteiger partial charge in [0.1, 0.15) is 0 Å². The van der Waals surface area contributed by atoms with Crippen LogP contribution in [0.3, 0.4) is 0 Å². The lowest BCUT2D eigenvalue weighted by atomic mass is 10.0. The van der Waals surface area contributed by atoms with Crippen LogP contribution in [0.15, 0.2) is 24.3 Å². The summed E-state index contributed by atoms with van der Waals surface area (Å²) in [5.74, 6) is 0. The van der Waals surface area contributed by atoms with Crippen LogP contribution in [0.4, 0.5) is 5.69 Å². The van der Waals surface area contributed by atoms with Gasteiger partial charge in [-0.1, -0.05) is 18.2 Å². The average molecular weight is 230 g/mol. The van der Waals surface area contributed by atoms with Crippen LogP contribution in [0.1, 0.15) is 37.7 Å². The first-order valence-electron chi connectivity index (χ1n) is 6.89. The highest BCUT2D eigenvalue weighted by atomic mass is 15.1. The SMILES string of the molecule is NC1(Cc2ccccc2N2CCCCC2)CC1. The van der Waals surface area contributed by atoms with Crippen molar-refractivity contribution < 1.29 is 0 Å². The minimum Gasteiger partial charge on any atom is -0.371 e. The number of hydrogen-bond acceptors (Lipinski definition) is 2. The third-order valence-corrected chi connectivity index (χ3v) is 4.12. The van der Waals surface area contributed by atoms with E-state index in [9.17, 15) is 0 Å². The molecule has 92 valence electrons. The minimum absolute atomic E-state index is 0.117. The second kappa shape index (κ2) is 4.34. The third kappa shape index (κ3) is 2.47. The number of anilines is 1. The lowest BCUT2D eigenvalue weighted by Crippen LogP contribution is -2.32. The van der Waals surface area contributed by atoms with E-state index in [4.69, 9.17) is 5.73 Å². The quantitative estimate of drug-likeness (QED) is 0.865. The van der Waals surface area contributed by atoms with E-state index in [2.05, 4.69) is 29.2 Å². The van der Waals surface area contributed by atoms with Gasteiger partial charge in [-0.05, 0) is 50.2 Å². The Hall–Kier alpha value is -1.02. The van der Waals surface area contributed by atoms with Gasteiger partial charge in [-0.15, -0.1) is 0 Å². The van der Waals surface area contributed by atoms with Crippen molar-refractivity contribution in [1.82, 2.24) is 0 Å². The van der Waals surface area contributed by atoms with Crippen LogP contribution in [0, 0.1) is 0 Å². The van der Waals surface area contributed by atoms with Crippen molar-refractivity contribution in [2.45, 2.75) is 44.1 Å². The lowest BCUT2D eigenvalue weighted by Gasteiger charge is -2.31. The normalized spacial score (nSPS) is 22.5. The van der Waals surface area contributed by atoms with Crippen molar-refractivity contribution >= 4 is 5.69 Å². The first-order valence-corrected chi connectivity index (χ1v) is 6.89. The molecule has 0 radical (unpaired) electrons. The average Bonchev–Trinajstić information content (AvgIpc) is 3.09. The van der Waals surface area contributed by atoms with E-state index in [1.54, 1.807) is 0 Å². The Labute approximate surface area is 104 Å². The van der Waals surface area contributed by atoms with E-state index in [1.165, 1.54) is 56.4 Å². The molecule has 0 spiro atoms. The summed E-state index contributed by atoms with van der Waals surface area (Å²) in [6.45, 7) is 2.43. The lowest BCUT2D eigenvalue weighted by molar-refractivity contribution is 0.574. The van der Waals surface area contributed by atoms with Gasteiger partial charge in [0.25, 0.3) is 0 Å². The Kier molecular flexibility index (Phi) is 2.83. The molecule has 0 atom stereocenters. The second-order valence-electron chi connectivity index (χ2n) is 5.72. The number of nitrogens with two attached hydrogens (primary N) is 1. The van der Waals surface area contributed by atoms with Gasteiger partial charge in [0.2, 0.25) is 0 Å². The highest BCUT2D eigenvalue weighted by Crippen LogP contribution is 2.38. The summed E-state index contributed by atoms with van der Waals surface area (Å²) in [5, 5.41) is 0. The van der Waals surface area contributed by atoms with Gasteiger partial charge in [0.15, 0.2) is 0 Å². The van der Waals surface area contributed by atoms with Crippen LogP contribution in [-0.2, 0) is 6.42 Å². The van der Waals surface area contributed by atoms with E-state index in [1.807, 2.05) is 0 Å². The fraction of sp³-hybridized carbons (Fsp3) is 0.600. The van der Waals surface area contributed by atoms with E-state index in [0.29, 0.717) is 0 Å². The van der Waals surface area contributed by atoms with Gasteiger partial charge < -0.3 is 10.6 Å². The van der Waals surface area contributed by atoms with Crippen molar-refractivity contribution in [2.24, 2.45) is 5.73 Å². The Morgan fingerprint density at radius 3 is 2.47 bits per heavy atom. The van der Waals surface area contributed by atoms with Crippen LogP contribution in [0.5, 0.6) is 0 Å². The minimum atomic E-state index is 0.117. The van der Waals surface area contributed by atoms with Crippen LogP contribution >= 0.6 is 0 Å². The molecule has 17 heavy (non-hydrogen) atoms. The molecule has 0 unspecified atom stereocenters. The molecule has 1 saturated carbocycles. The smallest absolute Gasteiger partial charge is 0.0399 e. The molecule has 3 rings (SSSR count). The summed E-state index contributed by atoms with van der Waals surface area (Å²) < 4.78 is 0. The Morgan fingerprint density at radius 1 is 1.06 bits per heavy atom. The molecular weight excluding hydrogens is 208 g/mol. The molecule has 2 heteroatoms. The first kappa shape index (κ1) is 11.1. The number of para-hydroxylation sites is 1. The molecule has 2 fully saturated rings. The molecule has 1 aliphatic carbocycles. The maximum Gasteiger partial charge on any atom is 0.0399 e. The number of rotatable bonds is 3. The number of benzene rings is 1. The maximum absolute atomic E-state index is 6.26. The first-order chi connectivity index (χ1) is 8.27. The van der Waals surface area contributed by atoms with Gasteiger partial charge in [-0.25, -0.2) is 0 Å². The van der Waals surface area contributed by atoms with Crippen molar-refractivity contribution in [3.63, 3.8) is 0 Å². The van der Waals surface area contributed by atoms with Crippen LogP contribution in [-0.4, -0.2) is 18.6 Å². The molecule has 1 aromatic carbocycles. The topological polar surface area (TPSA) is 29.3 Å². The molecule has 0 bridgehead atoms. The van der Waals surface area contributed by atoms with Crippen LogP contribution in [0.2, 0.25) is 0 Å². The highest BCUT2D eigenvalue weighted by Gasteiger charge is 2.38. The number of nitrogens with zero attached hydrogens (tertiary/aromatic N) is 1. The predicted octanol–water partition coefficient (Wildman–Crippen LogP) is 2.71. The molecule has 0 aromatic heterocycles. The zero-order valence-electron chi connectivity index (χ0n) is 10.5. The molecule has 1 heterocycles. The summed E-state index contributed by atoms with van der Waals surface area (Å²) in [6, 6.07) is 8.83. The van der Waals surface area contributed by atoms with Crippen molar-refractivity contribution in [2.75, 3.05) is 18.0 Å². The van der Waals surface area contributed by atoms with Crippen LogP contribution < -0.4 is 10.6 Å². The summed E-state index contributed by atoms with van der Waals surface area (Å²) in [6.07, 6.45) is 7.51. The van der Waals surface area contributed by atoms with Gasteiger partial charge in [-0.3, -0.25) is 0 Å². The molecule has 0 amide bonds.